The number of carbonyl (C=O) groups is 2. The number of aliphatic hydroxyl groups is 1. The van der Waals surface area contributed by atoms with Crippen molar-refractivity contribution in [3.05, 3.63) is 59.2 Å². The van der Waals surface area contributed by atoms with Gasteiger partial charge in [0.1, 0.15) is 23.0 Å². The van der Waals surface area contributed by atoms with Crippen molar-refractivity contribution in [3.8, 4) is 17.2 Å². The van der Waals surface area contributed by atoms with Gasteiger partial charge < -0.3 is 24.6 Å². The number of hydrogen-bond donors (Lipinski definition) is 2. The maximum Gasteiger partial charge on any atom is 0.295 e. The second kappa shape index (κ2) is 8.94. The van der Waals surface area contributed by atoms with Crippen molar-refractivity contribution in [2.24, 2.45) is 0 Å². The van der Waals surface area contributed by atoms with Gasteiger partial charge in [-0.3, -0.25) is 9.59 Å². The van der Waals surface area contributed by atoms with Gasteiger partial charge in [-0.1, -0.05) is 31.4 Å². The topological polar surface area (TPSA) is 96.3 Å². The Morgan fingerprint density at radius 1 is 0.969 bits per heavy atom. The van der Waals surface area contributed by atoms with Gasteiger partial charge in [0.2, 0.25) is 0 Å². The van der Waals surface area contributed by atoms with Crippen molar-refractivity contribution in [1.82, 2.24) is 4.90 Å². The largest absolute Gasteiger partial charge is 0.508 e. The van der Waals surface area contributed by atoms with E-state index in [2.05, 4.69) is 0 Å². The number of rotatable bonds is 5. The number of Topliss-reactive ketones (excluding diaryl/α,β-unsaturated/α-hetero) is 1. The van der Waals surface area contributed by atoms with E-state index in [4.69, 9.17) is 9.47 Å². The number of ether oxygens (including phenoxy) is 2. The summed E-state index contributed by atoms with van der Waals surface area (Å²) in [5, 5.41) is 21.1. The summed E-state index contributed by atoms with van der Waals surface area (Å²) in [7, 11) is 2.97. The Kier molecular flexibility index (Phi) is 6.08. The summed E-state index contributed by atoms with van der Waals surface area (Å²) in [4.78, 5) is 28.1. The number of benzene rings is 2. The summed E-state index contributed by atoms with van der Waals surface area (Å²) in [5.41, 5.74) is 0.936. The third-order valence-electron chi connectivity index (χ3n) is 6.32. The SMILES string of the molecule is COc1ccc(OC)c(/C(O)=C2\C(=O)C(=O)N(C3CCCCC3)C2c2ccc(O)cc2)c1. The first-order valence-corrected chi connectivity index (χ1v) is 10.8. The predicted octanol–water partition coefficient (Wildman–Crippen LogP) is 4.16. The lowest BCUT2D eigenvalue weighted by Crippen LogP contribution is -2.40. The number of phenols is 1. The minimum absolute atomic E-state index is 0.0119. The molecule has 1 aliphatic carbocycles. The number of ketones is 1. The molecule has 0 aromatic heterocycles. The highest BCUT2D eigenvalue weighted by Crippen LogP contribution is 2.44. The van der Waals surface area contributed by atoms with Crippen LogP contribution in [0.1, 0.15) is 49.3 Å². The van der Waals surface area contributed by atoms with Crippen molar-refractivity contribution < 1.29 is 29.3 Å². The minimum atomic E-state index is -0.755. The van der Waals surface area contributed by atoms with Gasteiger partial charge in [0, 0.05) is 6.04 Å². The van der Waals surface area contributed by atoms with Crippen LogP contribution in [0.4, 0.5) is 0 Å². The van der Waals surface area contributed by atoms with E-state index < -0.39 is 17.7 Å². The number of likely N-dealkylation sites (tertiary alicyclic amines) is 1. The normalized spacial score (nSPS) is 21.1. The number of aromatic hydroxyl groups is 1. The molecule has 0 radical (unpaired) electrons. The molecule has 4 rings (SSSR count). The molecule has 7 nitrogen and oxygen atoms in total. The molecule has 168 valence electrons. The third kappa shape index (κ3) is 3.79. The molecule has 2 aromatic rings. The van der Waals surface area contributed by atoms with Crippen molar-refractivity contribution in [2.45, 2.75) is 44.2 Å². The fourth-order valence-corrected chi connectivity index (χ4v) is 4.71. The highest BCUT2D eigenvalue weighted by Gasteiger charge is 2.49. The minimum Gasteiger partial charge on any atom is -0.508 e. The number of phenolic OH excluding ortho intramolecular Hbond substituents is 1. The summed E-state index contributed by atoms with van der Waals surface area (Å²) in [6.45, 7) is 0. The molecule has 7 heteroatoms. The Morgan fingerprint density at radius 2 is 1.66 bits per heavy atom. The van der Waals surface area contributed by atoms with Gasteiger partial charge in [-0.2, -0.15) is 0 Å². The molecule has 1 heterocycles. The molecule has 0 bridgehead atoms. The lowest BCUT2D eigenvalue weighted by molar-refractivity contribution is -0.141. The van der Waals surface area contributed by atoms with Gasteiger partial charge >= 0.3 is 0 Å². The predicted molar refractivity (Wildman–Crippen MR) is 119 cm³/mol. The van der Waals surface area contributed by atoms with E-state index in [1.54, 1.807) is 35.2 Å². The van der Waals surface area contributed by atoms with Crippen LogP contribution in [0.15, 0.2) is 48.0 Å². The van der Waals surface area contributed by atoms with Gasteiger partial charge in [-0.15, -0.1) is 0 Å². The Morgan fingerprint density at radius 3 is 2.28 bits per heavy atom. The van der Waals surface area contributed by atoms with E-state index in [0.717, 1.165) is 32.1 Å². The molecule has 2 fully saturated rings. The summed E-state index contributed by atoms with van der Waals surface area (Å²) in [6.07, 6.45) is 4.69. The Bertz CT molecular complexity index is 1050. The van der Waals surface area contributed by atoms with Crippen LogP contribution in [0, 0.1) is 0 Å². The molecular weight excluding hydrogens is 410 g/mol. The zero-order valence-electron chi connectivity index (χ0n) is 18.2. The quantitative estimate of drug-likeness (QED) is 0.414. The molecule has 32 heavy (non-hydrogen) atoms. The van der Waals surface area contributed by atoms with Gasteiger partial charge in [0.05, 0.1) is 31.4 Å². The van der Waals surface area contributed by atoms with Crippen LogP contribution in [0.5, 0.6) is 17.2 Å². The number of hydrogen-bond acceptors (Lipinski definition) is 6. The van der Waals surface area contributed by atoms with E-state index in [1.165, 1.54) is 26.4 Å². The molecular formula is C25H27NO6. The average Bonchev–Trinajstić information content (AvgIpc) is 3.09. The summed E-state index contributed by atoms with van der Waals surface area (Å²) in [6, 6.07) is 10.5. The van der Waals surface area contributed by atoms with E-state index in [-0.39, 0.29) is 28.7 Å². The van der Waals surface area contributed by atoms with E-state index in [9.17, 15) is 19.8 Å². The lowest BCUT2D eigenvalue weighted by Gasteiger charge is -2.35. The van der Waals surface area contributed by atoms with Crippen LogP contribution >= 0.6 is 0 Å². The number of aliphatic hydroxyl groups excluding tert-OH is 1. The zero-order valence-corrected chi connectivity index (χ0v) is 18.2. The number of nitrogens with zero attached hydrogens (tertiary/aromatic N) is 1. The highest BCUT2D eigenvalue weighted by molar-refractivity contribution is 6.46. The smallest absolute Gasteiger partial charge is 0.295 e. The lowest BCUT2D eigenvalue weighted by atomic mass is 9.91. The Labute approximate surface area is 186 Å². The molecule has 1 saturated carbocycles. The van der Waals surface area contributed by atoms with E-state index >= 15 is 0 Å². The van der Waals surface area contributed by atoms with Crippen LogP contribution in [0.3, 0.4) is 0 Å². The molecule has 2 aliphatic rings. The molecule has 1 atom stereocenters. The van der Waals surface area contributed by atoms with Crippen molar-refractivity contribution >= 4 is 17.4 Å². The third-order valence-corrected chi connectivity index (χ3v) is 6.32. The second-order valence-electron chi connectivity index (χ2n) is 8.16. The molecule has 1 saturated heterocycles. The standard InChI is InChI=1S/C25H27NO6/c1-31-18-12-13-20(32-2)19(14-18)23(28)21-22(15-8-10-17(27)11-9-15)26(25(30)24(21)29)16-6-4-3-5-7-16/h8-14,16,22,27-28H,3-7H2,1-2H3/b23-21+. The fourth-order valence-electron chi connectivity index (χ4n) is 4.71. The molecule has 2 N–H and O–H groups in total. The molecule has 1 amide bonds. The number of amides is 1. The van der Waals surface area contributed by atoms with Gasteiger partial charge in [0.15, 0.2) is 0 Å². The first-order valence-electron chi connectivity index (χ1n) is 10.8. The first-order chi connectivity index (χ1) is 15.5. The zero-order chi connectivity index (χ0) is 22.8. The number of carbonyl (C=O) groups excluding carboxylic acids is 2. The number of methoxy groups -OCH3 is 2. The molecule has 2 aromatic carbocycles. The maximum atomic E-state index is 13.2. The van der Waals surface area contributed by atoms with Crippen molar-refractivity contribution in [1.29, 1.82) is 0 Å². The van der Waals surface area contributed by atoms with Crippen LogP contribution in [0.25, 0.3) is 5.76 Å². The summed E-state index contributed by atoms with van der Waals surface area (Å²) in [5.74, 6) is -0.727. The molecule has 1 aliphatic heterocycles. The van der Waals surface area contributed by atoms with Crippen molar-refractivity contribution in [3.63, 3.8) is 0 Å². The van der Waals surface area contributed by atoms with E-state index in [0.29, 0.717) is 17.1 Å². The monoisotopic (exact) mass is 437 g/mol. The van der Waals surface area contributed by atoms with Crippen LogP contribution in [0.2, 0.25) is 0 Å². The fraction of sp³-hybridized carbons (Fsp3) is 0.360. The second-order valence-corrected chi connectivity index (χ2v) is 8.16. The van der Waals surface area contributed by atoms with Crippen molar-refractivity contribution in [2.75, 3.05) is 14.2 Å². The van der Waals surface area contributed by atoms with Crippen LogP contribution in [-0.2, 0) is 9.59 Å². The van der Waals surface area contributed by atoms with Gasteiger partial charge in [0.25, 0.3) is 11.7 Å². The first kappa shape index (κ1) is 21.7. The van der Waals surface area contributed by atoms with Gasteiger partial charge in [-0.05, 0) is 48.7 Å². The highest BCUT2D eigenvalue weighted by atomic mass is 16.5. The summed E-state index contributed by atoms with van der Waals surface area (Å²) < 4.78 is 10.7. The van der Waals surface area contributed by atoms with Crippen LogP contribution in [-0.4, -0.2) is 47.1 Å². The van der Waals surface area contributed by atoms with Gasteiger partial charge in [-0.25, -0.2) is 0 Å². The average molecular weight is 437 g/mol. The molecule has 1 unspecified atom stereocenters. The maximum absolute atomic E-state index is 13.2. The Hall–Kier alpha value is -3.48. The molecule has 0 spiro atoms. The summed E-state index contributed by atoms with van der Waals surface area (Å²) >= 11 is 0. The van der Waals surface area contributed by atoms with Crippen LogP contribution < -0.4 is 9.47 Å². The van der Waals surface area contributed by atoms with E-state index in [1.807, 2.05) is 0 Å². The Balaban J connectivity index is 1.91.